The molecule has 0 atom stereocenters. The minimum atomic E-state index is 0.979. The molecule has 0 bridgehead atoms. The van der Waals surface area contributed by atoms with Crippen LogP contribution in [-0.4, -0.2) is 4.98 Å². The SMILES string of the molecule is C(=C\c1cc2ccccc2cn1)/c1ccc2ccccc2c1. The first-order valence-electron chi connectivity index (χ1n) is 7.40. The maximum Gasteiger partial charge on any atom is 0.0636 e. The number of rotatable bonds is 2. The fraction of sp³-hybridized carbons (Fsp3) is 0. The van der Waals surface area contributed by atoms with Crippen molar-refractivity contribution in [2.24, 2.45) is 0 Å². The van der Waals surface area contributed by atoms with Crippen LogP contribution in [0.5, 0.6) is 0 Å². The van der Waals surface area contributed by atoms with Gasteiger partial charge in [0.05, 0.1) is 5.69 Å². The van der Waals surface area contributed by atoms with E-state index in [0.717, 1.165) is 5.69 Å². The van der Waals surface area contributed by atoms with Crippen LogP contribution in [0.3, 0.4) is 0 Å². The van der Waals surface area contributed by atoms with Crippen molar-refractivity contribution in [1.29, 1.82) is 0 Å². The summed E-state index contributed by atoms with van der Waals surface area (Å²) in [5.74, 6) is 0. The largest absolute Gasteiger partial charge is 0.256 e. The molecule has 0 N–H and O–H groups in total. The Hall–Kier alpha value is -2.93. The molecular formula is C21H15N. The first-order chi connectivity index (χ1) is 10.9. The van der Waals surface area contributed by atoms with Gasteiger partial charge in [-0.15, -0.1) is 0 Å². The molecule has 1 heteroatoms. The zero-order valence-electron chi connectivity index (χ0n) is 12.1. The molecule has 1 aromatic heterocycles. The van der Waals surface area contributed by atoms with Crippen LogP contribution < -0.4 is 0 Å². The molecule has 0 amide bonds. The Bertz CT molecular complexity index is 902. The predicted molar refractivity (Wildman–Crippen MR) is 94.6 cm³/mol. The average molecular weight is 281 g/mol. The third kappa shape index (κ3) is 2.49. The number of hydrogen-bond acceptors (Lipinski definition) is 1. The molecule has 0 unspecified atom stereocenters. The van der Waals surface area contributed by atoms with Gasteiger partial charge in [0.1, 0.15) is 0 Å². The van der Waals surface area contributed by atoms with Crippen molar-refractivity contribution in [3.8, 4) is 0 Å². The van der Waals surface area contributed by atoms with Gasteiger partial charge >= 0.3 is 0 Å². The van der Waals surface area contributed by atoms with Gasteiger partial charge in [0, 0.05) is 11.6 Å². The van der Waals surface area contributed by atoms with E-state index in [4.69, 9.17) is 0 Å². The monoisotopic (exact) mass is 281 g/mol. The molecule has 1 nitrogen and oxygen atoms in total. The van der Waals surface area contributed by atoms with Gasteiger partial charge in [-0.25, -0.2) is 0 Å². The van der Waals surface area contributed by atoms with Gasteiger partial charge in [0.2, 0.25) is 0 Å². The summed E-state index contributed by atoms with van der Waals surface area (Å²) >= 11 is 0. The highest BCUT2D eigenvalue weighted by Crippen LogP contribution is 2.18. The zero-order valence-corrected chi connectivity index (χ0v) is 12.1. The van der Waals surface area contributed by atoms with E-state index < -0.39 is 0 Å². The Labute approximate surface area is 129 Å². The van der Waals surface area contributed by atoms with Crippen LogP contribution in [0.4, 0.5) is 0 Å². The molecule has 0 aliphatic carbocycles. The predicted octanol–water partition coefficient (Wildman–Crippen LogP) is 5.56. The van der Waals surface area contributed by atoms with Gasteiger partial charge in [-0.3, -0.25) is 4.98 Å². The Morgan fingerprint density at radius 3 is 2.09 bits per heavy atom. The lowest BCUT2D eigenvalue weighted by atomic mass is 10.1. The van der Waals surface area contributed by atoms with E-state index in [-0.39, 0.29) is 0 Å². The lowest BCUT2D eigenvalue weighted by Gasteiger charge is -2.00. The fourth-order valence-corrected chi connectivity index (χ4v) is 2.68. The smallest absolute Gasteiger partial charge is 0.0636 e. The third-order valence-corrected chi connectivity index (χ3v) is 3.87. The summed E-state index contributed by atoms with van der Waals surface area (Å²) in [4.78, 5) is 4.50. The highest BCUT2D eigenvalue weighted by Gasteiger charge is 1.96. The summed E-state index contributed by atoms with van der Waals surface area (Å²) in [5, 5.41) is 4.92. The Morgan fingerprint density at radius 2 is 1.27 bits per heavy atom. The molecule has 22 heavy (non-hydrogen) atoms. The Kier molecular flexibility index (Phi) is 3.17. The number of hydrogen-bond donors (Lipinski definition) is 0. The van der Waals surface area contributed by atoms with E-state index in [1.807, 2.05) is 12.3 Å². The molecule has 4 aromatic rings. The van der Waals surface area contributed by atoms with E-state index >= 15 is 0 Å². The van der Waals surface area contributed by atoms with Crippen molar-refractivity contribution in [3.63, 3.8) is 0 Å². The molecule has 1 heterocycles. The molecule has 0 radical (unpaired) electrons. The van der Waals surface area contributed by atoms with E-state index in [0.29, 0.717) is 0 Å². The molecule has 0 saturated carbocycles. The first kappa shape index (κ1) is 12.8. The fourth-order valence-electron chi connectivity index (χ4n) is 2.68. The summed E-state index contributed by atoms with van der Waals surface area (Å²) < 4.78 is 0. The standard InChI is InChI=1S/C21H15N/c1-2-6-18-13-16(9-11-17(18)5-1)10-12-21-14-19-7-3-4-8-20(19)15-22-21/h1-15H/b12-10+. The molecule has 0 aliphatic heterocycles. The first-order valence-corrected chi connectivity index (χ1v) is 7.40. The van der Waals surface area contributed by atoms with Gasteiger partial charge in [0.25, 0.3) is 0 Å². The second kappa shape index (κ2) is 5.45. The molecule has 0 spiro atoms. The van der Waals surface area contributed by atoms with Crippen LogP contribution >= 0.6 is 0 Å². The maximum absolute atomic E-state index is 4.50. The summed E-state index contributed by atoms with van der Waals surface area (Å²) in [5.41, 5.74) is 2.17. The number of benzene rings is 3. The van der Waals surface area contributed by atoms with Crippen molar-refractivity contribution < 1.29 is 0 Å². The van der Waals surface area contributed by atoms with Gasteiger partial charge in [-0.05, 0) is 39.9 Å². The van der Waals surface area contributed by atoms with Crippen molar-refractivity contribution in [2.45, 2.75) is 0 Å². The Morgan fingerprint density at radius 1 is 0.591 bits per heavy atom. The molecule has 3 aromatic carbocycles. The number of nitrogens with zero attached hydrogens (tertiary/aromatic N) is 1. The highest BCUT2D eigenvalue weighted by molar-refractivity contribution is 5.87. The number of pyridine rings is 1. The topological polar surface area (TPSA) is 12.9 Å². The lowest BCUT2D eigenvalue weighted by molar-refractivity contribution is 1.33. The van der Waals surface area contributed by atoms with Crippen LogP contribution in [0.25, 0.3) is 33.7 Å². The maximum atomic E-state index is 4.50. The average Bonchev–Trinajstić information content (AvgIpc) is 2.59. The molecular weight excluding hydrogens is 266 g/mol. The quantitative estimate of drug-likeness (QED) is 0.469. The van der Waals surface area contributed by atoms with Gasteiger partial charge in [0.15, 0.2) is 0 Å². The van der Waals surface area contributed by atoms with Crippen LogP contribution in [-0.2, 0) is 0 Å². The van der Waals surface area contributed by atoms with Crippen molar-refractivity contribution >= 4 is 33.7 Å². The van der Waals surface area contributed by atoms with E-state index in [2.05, 4.69) is 83.9 Å². The van der Waals surface area contributed by atoms with Gasteiger partial charge in [-0.1, -0.05) is 66.7 Å². The van der Waals surface area contributed by atoms with Crippen molar-refractivity contribution in [2.75, 3.05) is 0 Å². The normalized spacial score (nSPS) is 11.5. The van der Waals surface area contributed by atoms with E-state index in [1.54, 1.807) is 0 Å². The number of aromatic nitrogens is 1. The number of fused-ring (bicyclic) bond motifs is 2. The van der Waals surface area contributed by atoms with Crippen molar-refractivity contribution in [1.82, 2.24) is 4.98 Å². The molecule has 4 rings (SSSR count). The third-order valence-electron chi connectivity index (χ3n) is 3.87. The molecule has 0 saturated heterocycles. The lowest BCUT2D eigenvalue weighted by Crippen LogP contribution is -1.81. The van der Waals surface area contributed by atoms with Gasteiger partial charge < -0.3 is 0 Å². The summed E-state index contributed by atoms with van der Waals surface area (Å²) in [6.45, 7) is 0. The summed E-state index contributed by atoms with van der Waals surface area (Å²) in [6, 6.07) is 25.3. The zero-order chi connectivity index (χ0) is 14.8. The van der Waals surface area contributed by atoms with Crippen LogP contribution in [0.2, 0.25) is 0 Å². The Balaban J connectivity index is 1.68. The van der Waals surface area contributed by atoms with Crippen LogP contribution in [0, 0.1) is 0 Å². The van der Waals surface area contributed by atoms with Gasteiger partial charge in [-0.2, -0.15) is 0 Å². The summed E-state index contributed by atoms with van der Waals surface area (Å²) in [6.07, 6.45) is 6.11. The minimum Gasteiger partial charge on any atom is -0.256 e. The van der Waals surface area contributed by atoms with Crippen LogP contribution in [0.1, 0.15) is 11.3 Å². The highest BCUT2D eigenvalue weighted by atomic mass is 14.7. The molecule has 0 fully saturated rings. The van der Waals surface area contributed by atoms with Crippen molar-refractivity contribution in [3.05, 3.63) is 90.3 Å². The molecule has 104 valence electrons. The molecule has 0 aliphatic rings. The van der Waals surface area contributed by atoms with E-state index in [1.165, 1.54) is 27.1 Å². The summed E-state index contributed by atoms with van der Waals surface area (Å²) in [7, 11) is 0. The second-order valence-electron chi connectivity index (χ2n) is 5.40. The van der Waals surface area contributed by atoms with E-state index in [9.17, 15) is 0 Å². The second-order valence-corrected chi connectivity index (χ2v) is 5.40. The minimum absolute atomic E-state index is 0.979. The van der Waals surface area contributed by atoms with Crippen LogP contribution in [0.15, 0.2) is 79.0 Å².